The number of likely N-dealkylation sites (tertiary alicyclic amines) is 1. The minimum atomic E-state index is -0.0373. The van der Waals surface area contributed by atoms with Crippen molar-refractivity contribution in [3.63, 3.8) is 0 Å². The lowest BCUT2D eigenvalue weighted by molar-refractivity contribution is -0.123. The van der Waals surface area contributed by atoms with Gasteiger partial charge in [-0.2, -0.15) is 0 Å². The number of hydrogen-bond acceptors (Lipinski definition) is 3. The van der Waals surface area contributed by atoms with Crippen LogP contribution in [0.15, 0.2) is 48.8 Å². The van der Waals surface area contributed by atoms with Crippen LogP contribution >= 0.6 is 11.6 Å². The summed E-state index contributed by atoms with van der Waals surface area (Å²) in [7, 11) is 0. The molecular weight excluding hydrogens is 350 g/mol. The molecule has 2 heterocycles. The second-order valence-electron chi connectivity index (χ2n) is 7.18. The summed E-state index contributed by atoms with van der Waals surface area (Å²) in [5.74, 6) is 0.108. The molecule has 134 valence electrons. The lowest BCUT2D eigenvalue weighted by Crippen LogP contribution is -2.31. The first-order valence-electron chi connectivity index (χ1n) is 8.79. The van der Waals surface area contributed by atoms with Gasteiger partial charge in [0.15, 0.2) is 0 Å². The fourth-order valence-corrected chi connectivity index (χ4v) is 3.95. The van der Waals surface area contributed by atoms with Crippen molar-refractivity contribution in [2.75, 3.05) is 13.1 Å². The molecule has 5 nitrogen and oxygen atoms in total. The molecule has 26 heavy (non-hydrogen) atoms. The summed E-state index contributed by atoms with van der Waals surface area (Å²) >= 11 is 5.89. The van der Waals surface area contributed by atoms with Crippen molar-refractivity contribution < 1.29 is 9.59 Å². The van der Waals surface area contributed by atoms with Crippen LogP contribution in [-0.4, -0.2) is 34.8 Å². The Kier molecular flexibility index (Phi) is 4.41. The molecule has 2 aliphatic rings. The van der Waals surface area contributed by atoms with E-state index in [0.29, 0.717) is 30.2 Å². The quantitative estimate of drug-likeness (QED) is 0.901. The van der Waals surface area contributed by atoms with E-state index in [-0.39, 0.29) is 23.1 Å². The van der Waals surface area contributed by atoms with Gasteiger partial charge in [-0.25, -0.2) is 0 Å². The van der Waals surface area contributed by atoms with Crippen LogP contribution in [0, 0.1) is 11.3 Å². The SMILES string of the molecule is O=C(NCc1ccncc1)[C@@H]1C[C@]12CCN(C(=O)c1ccc(Cl)cc1)C2. The van der Waals surface area contributed by atoms with Crippen LogP contribution in [0.1, 0.15) is 28.8 Å². The monoisotopic (exact) mass is 369 g/mol. The van der Waals surface area contributed by atoms with Crippen molar-refractivity contribution in [2.24, 2.45) is 11.3 Å². The fourth-order valence-electron chi connectivity index (χ4n) is 3.83. The number of carbonyl (C=O) groups excluding carboxylic acids is 2. The Labute approximate surface area is 157 Å². The molecule has 1 aromatic carbocycles. The number of benzene rings is 1. The molecule has 0 radical (unpaired) electrons. The average Bonchev–Trinajstić information content (AvgIpc) is 3.20. The normalized spacial score (nSPS) is 23.9. The molecule has 2 amide bonds. The average molecular weight is 370 g/mol. The van der Waals surface area contributed by atoms with Gasteiger partial charge in [-0.15, -0.1) is 0 Å². The number of rotatable bonds is 4. The van der Waals surface area contributed by atoms with Crippen LogP contribution < -0.4 is 5.32 Å². The number of pyridine rings is 1. The van der Waals surface area contributed by atoms with Gasteiger partial charge < -0.3 is 10.2 Å². The summed E-state index contributed by atoms with van der Waals surface area (Å²) in [6.45, 7) is 1.87. The standard InChI is InChI=1S/C20H20ClN3O2/c21-16-3-1-15(2-4-16)19(26)24-10-7-20(13-24)11-17(20)18(25)23-12-14-5-8-22-9-6-14/h1-6,8-9,17H,7,10-13H2,(H,23,25)/t17-,20-/m0/s1. The Morgan fingerprint density at radius 2 is 1.92 bits per heavy atom. The molecule has 1 aliphatic carbocycles. The van der Waals surface area contributed by atoms with Crippen LogP contribution in [-0.2, 0) is 11.3 Å². The summed E-state index contributed by atoms with van der Waals surface area (Å²) in [5, 5.41) is 3.63. The first-order valence-corrected chi connectivity index (χ1v) is 9.17. The molecule has 1 saturated carbocycles. The molecule has 1 N–H and O–H groups in total. The minimum absolute atomic E-state index is 0.00681. The Balaban J connectivity index is 1.33. The Bertz CT molecular complexity index is 825. The molecule has 1 saturated heterocycles. The van der Waals surface area contributed by atoms with E-state index in [2.05, 4.69) is 10.3 Å². The summed E-state index contributed by atoms with van der Waals surface area (Å²) in [4.78, 5) is 31.0. The summed E-state index contributed by atoms with van der Waals surface area (Å²) in [6.07, 6.45) is 5.19. The molecule has 1 aromatic heterocycles. The molecule has 2 fully saturated rings. The molecule has 4 rings (SSSR count). The van der Waals surface area contributed by atoms with Gasteiger partial charge in [0.05, 0.1) is 0 Å². The highest BCUT2D eigenvalue weighted by Crippen LogP contribution is 2.58. The fraction of sp³-hybridized carbons (Fsp3) is 0.350. The van der Waals surface area contributed by atoms with Crippen molar-refractivity contribution in [1.29, 1.82) is 0 Å². The van der Waals surface area contributed by atoms with E-state index in [1.807, 2.05) is 17.0 Å². The maximum Gasteiger partial charge on any atom is 0.253 e. The smallest absolute Gasteiger partial charge is 0.253 e. The van der Waals surface area contributed by atoms with Crippen LogP contribution in [0.3, 0.4) is 0 Å². The lowest BCUT2D eigenvalue weighted by atomic mass is 10.0. The minimum Gasteiger partial charge on any atom is -0.352 e. The number of aromatic nitrogens is 1. The first-order chi connectivity index (χ1) is 12.6. The van der Waals surface area contributed by atoms with Crippen molar-refractivity contribution in [1.82, 2.24) is 15.2 Å². The van der Waals surface area contributed by atoms with Gasteiger partial charge in [-0.1, -0.05) is 11.6 Å². The molecule has 0 unspecified atom stereocenters. The van der Waals surface area contributed by atoms with E-state index in [4.69, 9.17) is 11.6 Å². The van der Waals surface area contributed by atoms with Crippen LogP contribution in [0.25, 0.3) is 0 Å². The number of nitrogens with zero attached hydrogens (tertiary/aromatic N) is 2. The first kappa shape index (κ1) is 17.0. The highest BCUT2D eigenvalue weighted by atomic mass is 35.5. The predicted octanol–water partition coefficient (Wildman–Crippen LogP) is 2.90. The molecule has 1 spiro atoms. The zero-order chi connectivity index (χ0) is 18.1. The number of nitrogens with one attached hydrogen (secondary N) is 1. The van der Waals surface area contributed by atoms with Crippen molar-refractivity contribution in [3.05, 3.63) is 64.9 Å². The van der Waals surface area contributed by atoms with E-state index in [1.165, 1.54) is 0 Å². The molecular formula is C20H20ClN3O2. The van der Waals surface area contributed by atoms with Gasteiger partial charge >= 0.3 is 0 Å². The van der Waals surface area contributed by atoms with Gasteiger partial charge in [0.2, 0.25) is 5.91 Å². The lowest BCUT2D eigenvalue weighted by Gasteiger charge is -2.17. The van der Waals surface area contributed by atoms with Crippen molar-refractivity contribution in [2.45, 2.75) is 19.4 Å². The van der Waals surface area contributed by atoms with Gasteiger partial charge in [0.25, 0.3) is 5.91 Å². The zero-order valence-electron chi connectivity index (χ0n) is 14.3. The van der Waals surface area contributed by atoms with Crippen LogP contribution in [0.2, 0.25) is 5.02 Å². The Hall–Kier alpha value is -2.40. The number of amides is 2. The third-order valence-corrected chi connectivity index (χ3v) is 5.74. The third kappa shape index (κ3) is 3.31. The summed E-state index contributed by atoms with van der Waals surface area (Å²) in [5.41, 5.74) is 1.64. The highest BCUT2D eigenvalue weighted by Gasteiger charge is 2.61. The number of halogens is 1. The maximum atomic E-state index is 12.6. The molecule has 1 aliphatic heterocycles. The number of carbonyl (C=O) groups is 2. The Morgan fingerprint density at radius 3 is 2.65 bits per heavy atom. The van der Waals surface area contributed by atoms with Gasteiger partial charge in [0, 0.05) is 53.9 Å². The predicted molar refractivity (Wildman–Crippen MR) is 98.6 cm³/mol. The van der Waals surface area contributed by atoms with Gasteiger partial charge in [0.1, 0.15) is 0 Å². The van der Waals surface area contributed by atoms with Crippen LogP contribution in [0.4, 0.5) is 0 Å². The summed E-state index contributed by atoms with van der Waals surface area (Å²) in [6, 6.07) is 10.7. The van der Waals surface area contributed by atoms with E-state index >= 15 is 0 Å². The largest absolute Gasteiger partial charge is 0.352 e. The van der Waals surface area contributed by atoms with Crippen LogP contribution in [0.5, 0.6) is 0 Å². The molecule has 6 heteroatoms. The van der Waals surface area contributed by atoms with Crippen molar-refractivity contribution >= 4 is 23.4 Å². The summed E-state index contributed by atoms with van der Waals surface area (Å²) < 4.78 is 0. The van der Waals surface area contributed by atoms with E-state index in [0.717, 1.165) is 18.4 Å². The second kappa shape index (κ2) is 6.72. The molecule has 2 atom stereocenters. The number of hydrogen-bond donors (Lipinski definition) is 1. The second-order valence-corrected chi connectivity index (χ2v) is 7.61. The van der Waals surface area contributed by atoms with Gasteiger partial charge in [-0.3, -0.25) is 14.6 Å². The van der Waals surface area contributed by atoms with E-state index < -0.39 is 0 Å². The Morgan fingerprint density at radius 1 is 1.19 bits per heavy atom. The third-order valence-electron chi connectivity index (χ3n) is 5.49. The molecule has 0 bridgehead atoms. The zero-order valence-corrected chi connectivity index (χ0v) is 15.1. The highest BCUT2D eigenvalue weighted by molar-refractivity contribution is 6.30. The van der Waals surface area contributed by atoms with E-state index in [9.17, 15) is 9.59 Å². The van der Waals surface area contributed by atoms with Gasteiger partial charge in [-0.05, 0) is 54.8 Å². The maximum absolute atomic E-state index is 12.6. The topological polar surface area (TPSA) is 62.3 Å². The van der Waals surface area contributed by atoms with E-state index in [1.54, 1.807) is 36.7 Å². The molecule has 2 aromatic rings. The van der Waals surface area contributed by atoms with Crippen molar-refractivity contribution in [3.8, 4) is 0 Å².